The maximum Gasteiger partial charge on any atom is 0.408 e. The molecule has 0 bridgehead atoms. The first kappa shape index (κ1) is 19.9. The van der Waals surface area contributed by atoms with E-state index in [1.807, 2.05) is 0 Å². The Morgan fingerprint density at radius 2 is 1.86 bits per heavy atom. The van der Waals surface area contributed by atoms with Crippen molar-refractivity contribution in [3.05, 3.63) is 12.7 Å². The van der Waals surface area contributed by atoms with Crippen molar-refractivity contribution in [3.63, 3.8) is 0 Å². The number of ether oxygens (including phenoxy) is 2. The Balaban J connectivity index is 4.24. The van der Waals surface area contributed by atoms with E-state index in [4.69, 9.17) is 4.74 Å². The molecule has 0 aromatic carbocycles. The largest absolute Gasteiger partial charge is 0.467 e. The highest BCUT2D eigenvalue weighted by Gasteiger charge is 2.24. The van der Waals surface area contributed by atoms with Gasteiger partial charge >= 0.3 is 12.1 Å². The van der Waals surface area contributed by atoms with Crippen LogP contribution >= 0.6 is 0 Å². The SMILES string of the molecule is C=CC(=O)NCCCC[C@H](NC(=O)OC(C)(C)C)C(=O)OC. The summed E-state index contributed by atoms with van der Waals surface area (Å²) in [7, 11) is 1.26. The molecule has 1 atom stereocenters. The zero-order valence-electron chi connectivity index (χ0n) is 13.7. The number of unbranched alkanes of at least 4 members (excludes halogenated alkanes) is 1. The van der Waals surface area contributed by atoms with Gasteiger partial charge in [0, 0.05) is 6.54 Å². The van der Waals surface area contributed by atoms with Crippen LogP contribution in [0.3, 0.4) is 0 Å². The summed E-state index contributed by atoms with van der Waals surface area (Å²) in [5, 5.41) is 5.13. The number of rotatable bonds is 8. The molecule has 0 aliphatic heterocycles. The molecule has 2 amide bonds. The van der Waals surface area contributed by atoms with Gasteiger partial charge in [-0.05, 0) is 46.1 Å². The Hall–Kier alpha value is -2.05. The highest BCUT2D eigenvalue weighted by atomic mass is 16.6. The molecule has 126 valence electrons. The highest BCUT2D eigenvalue weighted by molar-refractivity contribution is 5.86. The first-order chi connectivity index (χ1) is 10.2. The van der Waals surface area contributed by atoms with Crippen LogP contribution in [0.2, 0.25) is 0 Å². The van der Waals surface area contributed by atoms with Crippen LogP contribution in [0.1, 0.15) is 40.0 Å². The van der Waals surface area contributed by atoms with Crippen LogP contribution in [0.5, 0.6) is 0 Å². The molecule has 0 unspecified atom stereocenters. The standard InChI is InChI=1S/C15H26N2O5/c1-6-12(18)16-10-8-7-9-11(13(19)21-5)17-14(20)22-15(2,3)4/h6,11H,1,7-10H2,2-5H3,(H,16,18)(H,17,20)/t11-/m0/s1. The predicted octanol–water partition coefficient (Wildman–Crippen LogP) is 1.53. The number of hydrogen-bond donors (Lipinski definition) is 2. The summed E-state index contributed by atoms with van der Waals surface area (Å²) in [4.78, 5) is 34.3. The van der Waals surface area contributed by atoms with E-state index in [-0.39, 0.29) is 5.91 Å². The Morgan fingerprint density at radius 1 is 1.23 bits per heavy atom. The third kappa shape index (κ3) is 9.79. The Kier molecular flexibility index (Phi) is 8.89. The molecule has 0 spiro atoms. The summed E-state index contributed by atoms with van der Waals surface area (Å²) in [6.07, 6.45) is 2.23. The van der Waals surface area contributed by atoms with Gasteiger partial charge in [0.2, 0.25) is 5.91 Å². The van der Waals surface area contributed by atoms with E-state index in [0.717, 1.165) is 0 Å². The molecule has 0 rings (SSSR count). The molecule has 22 heavy (non-hydrogen) atoms. The van der Waals surface area contributed by atoms with E-state index < -0.39 is 23.7 Å². The van der Waals surface area contributed by atoms with Crippen molar-refractivity contribution < 1.29 is 23.9 Å². The zero-order chi connectivity index (χ0) is 17.2. The van der Waals surface area contributed by atoms with Crippen molar-refractivity contribution >= 4 is 18.0 Å². The van der Waals surface area contributed by atoms with E-state index >= 15 is 0 Å². The van der Waals surface area contributed by atoms with Gasteiger partial charge in [-0.1, -0.05) is 6.58 Å². The second-order valence-electron chi connectivity index (χ2n) is 5.71. The smallest absolute Gasteiger partial charge is 0.408 e. The van der Waals surface area contributed by atoms with Crippen molar-refractivity contribution in [2.24, 2.45) is 0 Å². The first-order valence-corrected chi connectivity index (χ1v) is 7.17. The van der Waals surface area contributed by atoms with Gasteiger partial charge in [0.25, 0.3) is 0 Å². The summed E-state index contributed by atoms with van der Waals surface area (Å²) in [5.41, 5.74) is -0.639. The number of amides is 2. The average Bonchev–Trinajstić information content (AvgIpc) is 2.42. The number of esters is 1. The summed E-state index contributed by atoms with van der Waals surface area (Å²) in [6, 6.07) is -0.769. The first-order valence-electron chi connectivity index (χ1n) is 7.17. The maximum absolute atomic E-state index is 11.7. The van der Waals surface area contributed by atoms with E-state index in [1.54, 1.807) is 20.8 Å². The number of nitrogens with one attached hydrogen (secondary N) is 2. The van der Waals surface area contributed by atoms with Crippen molar-refractivity contribution in [3.8, 4) is 0 Å². The second-order valence-corrected chi connectivity index (χ2v) is 5.71. The van der Waals surface area contributed by atoms with Crippen LogP contribution in [-0.2, 0) is 19.1 Å². The maximum atomic E-state index is 11.7. The second kappa shape index (κ2) is 9.81. The molecule has 0 fully saturated rings. The van der Waals surface area contributed by atoms with Crippen LogP contribution in [0.4, 0.5) is 4.79 Å². The van der Waals surface area contributed by atoms with Crippen molar-refractivity contribution in [2.75, 3.05) is 13.7 Å². The lowest BCUT2D eigenvalue weighted by Gasteiger charge is -2.22. The molecule has 0 heterocycles. The van der Waals surface area contributed by atoms with Crippen LogP contribution in [-0.4, -0.2) is 43.3 Å². The molecular weight excluding hydrogens is 288 g/mol. The molecule has 0 aromatic rings. The topological polar surface area (TPSA) is 93.7 Å². The van der Waals surface area contributed by atoms with E-state index in [9.17, 15) is 14.4 Å². The van der Waals surface area contributed by atoms with Gasteiger partial charge in [-0.25, -0.2) is 9.59 Å². The summed E-state index contributed by atoms with van der Waals surface area (Å²) < 4.78 is 9.77. The number of methoxy groups -OCH3 is 1. The van der Waals surface area contributed by atoms with Gasteiger partial charge in [-0.15, -0.1) is 0 Å². The molecule has 0 aliphatic rings. The summed E-state index contributed by atoms with van der Waals surface area (Å²) in [6.45, 7) is 9.04. The fraction of sp³-hybridized carbons (Fsp3) is 0.667. The van der Waals surface area contributed by atoms with E-state index in [2.05, 4.69) is 21.9 Å². The zero-order valence-corrected chi connectivity index (χ0v) is 13.7. The van der Waals surface area contributed by atoms with Gasteiger partial charge in [-0.3, -0.25) is 4.79 Å². The van der Waals surface area contributed by atoms with Crippen molar-refractivity contribution in [1.82, 2.24) is 10.6 Å². The van der Waals surface area contributed by atoms with Crippen molar-refractivity contribution in [2.45, 2.75) is 51.7 Å². The third-order valence-electron chi connectivity index (χ3n) is 2.58. The quantitative estimate of drug-likeness (QED) is 0.402. The molecule has 7 nitrogen and oxygen atoms in total. The minimum Gasteiger partial charge on any atom is -0.467 e. The number of carbonyl (C=O) groups excluding carboxylic acids is 3. The minimum absolute atomic E-state index is 0.239. The van der Waals surface area contributed by atoms with Gasteiger partial charge < -0.3 is 20.1 Å². The Labute approximate surface area is 131 Å². The number of carbonyl (C=O) groups is 3. The molecule has 0 aliphatic carbocycles. The highest BCUT2D eigenvalue weighted by Crippen LogP contribution is 2.08. The van der Waals surface area contributed by atoms with E-state index in [1.165, 1.54) is 13.2 Å². The molecule has 0 radical (unpaired) electrons. The summed E-state index contributed by atoms with van der Waals surface area (Å²) >= 11 is 0. The van der Waals surface area contributed by atoms with Gasteiger partial charge in [0.15, 0.2) is 0 Å². The Morgan fingerprint density at radius 3 is 2.36 bits per heavy atom. The predicted molar refractivity (Wildman–Crippen MR) is 82.2 cm³/mol. The van der Waals surface area contributed by atoms with Gasteiger partial charge in [0.05, 0.1) is 7.11 Å². The number of alkyl carbamates (subject to hydrolysis) is 1. The van der Waals surface area contributed by atoms with Crippen LogP contribution in [0.25, 0.3) is 0 Å². The third-order valence-corrected chi connectivity index (χ3v) is 2.58. The summed E-state index contributed by atoms with van der Waals surface area (Å²) in [5.74, 6) is -0.766. The van der Waals surface area contributed by atoms with Gasteiger partial charge in [-0.2, -0.15) is 0 Å². The normalized spacial score (nSPS) is 12.0. The van der Waals surface area contributed by atoms with Crippen LogP contribution in [0, 0.1) is 0 Å². The molecular formula is C15H26N2O5. The van der Waals surface area contributed by atoms with Crippen LogP contribution < -0.4 is 10.6 Å². The lowest BCUT2D eigenvalue weighted by Crippen LogP contribution is -2.44. The van der Waals surface area contributed by atoms with Crippen LogP contribution in [0.15, 0.2) is 12.7 Å². The Bertz CT molecular complexity index is 401. The number of hydrogen-bond acceptors (Lipinski definition) is 5. The average molecular weight is 314 g/mol. The fourth-order valence-corrected chi connectivity index (χ4v) is 1.60. The van der Waals surface area contributed by atoms with Gasteiger partial charge in [0.1, 0.15) is 11.6 Å². The lowest BCUT2D eigenvalue weighted by atomic mass is 10.1. The fourth-order valence-electron chi connectivity index (χ4n) is 1.60. The monoisotopic (exact) mass is 314 g/mol. The lowest BCUT2D eigenvalue weighted by molar-refractivity contribution is -0.143. The molecule has 7 heteroatoms. The van der Waals surface area contributed by atoms with E-state index in [0.29, 0.717) is 25.8 Å². The molecule has 0 saturated carbocycles. The molecule has 0 saturated heterocycles. The molecule has 2 N–H and O–H groups in total. The van der Waals surface area contributed by atoms with Crippen molar-refractivity contribution in [1.29, 1.82) is 0 Å². The minimum atomic E-state index is -0.769. The molecule has 0 aromatic heterocycles.